The average Bonchev–Trinajstić information content (AvgIpc) is 2.75. The van der Waals surface area contributed by atoms with Crippen LogP contribution < -0.4 is 5.32 Å². The van der Waals surface area contributed by atoms with Gasteiger partial charge in [0.15, 0.2) is 0 Å². The van der Waals surface area contributed by atoms with Crippen molar-refractivity contribution in [3.63, 3.8) is 0 Å². The normalized spacial score (nSPS) is 25.7. The van der Waals surface area contributed by atoms with E-state index in [0.29, 0.717) is 17.4 Å². The van der Waals surface area contributed by atoms with Crippen molar-refractivity contribution < 1.29 is 5.11 Å². The number of rotatable bonds is 8. The van der Waals surface area contributed by atoms with E-state index >= 15 is 0 Å². The molecule has 3 nitrogen and oxygen atoms in total. The second-order valence-corrected chi connectivity index (χ2v) is 7.12. The molecule has 1 fully saturated rings. The van der Waals surface area contributed by atoms with Crippen LogP contribution in [0, 0.1) is 11.3 Å². The second kappa shape index (κ2) is 7.61. The summed E-state index contributed by atoms with van der Waals surface area (Å²) in [4.78, 5) is 2.55. The molecule has 3 unspecified atom stereocenters. The maximum Gasteiger partial charge on any atom is 0.0552 e. The Morgan fingerprint density at radius 2 is 2.05 bits per heavy atom. The number of aliphatic hydroxyl groups excluding tert-OH is 1. The Morgan fingerprint density at radius 1 is 1.37 bits per heavy atom. The third kappa shape index (κ3) is 5.80. The molecule has 0 saturated carbocycles. The van der Waals surface area contributed by atoms with Gasteiger partial charge in [0, 0.05) is 25.7 Å². The third-order valence-corrected chi connectivity index (χ3v) is 4.39. The molecule has 1 heterocycles. The highest BCUT2D eigenvalue weighted by Crippen LogP contribution is 2.28. The molecular weight excluding hydrogens is 236 g/mol. The fraction of sp³-hybridized carbons (Fsp3) is 1.00. The zero-order valence-corrected chi connectivity index (χ0v) is 13.6. The Balaban J connectivity index is 2.49. The minimum Gasteiger partial charge on any atom is -0.393 e. The number of likely N-dealkylation sites (tertiary alicyclic amines) is 1. The van der Waals surface area contributed by atoms with E-state index in [4.69, 9.17) is 0 Å². The average molecular weight is 270 g/mol. The summed E-state index contributed by atoms with van der Waals surface area (Å²) in [5.41, 5.74) is 0.354. The van der Waals surface area contributed by atoms with Gasteiger partial charge in [-0.05, 0) is 37.6 Å². The predicted molar refractivity (Wildman–Crippen MR) is 82.4 cm³/mol. The Kier molecular flexibility index (Phi) is 6.78. The van der Waals surface area contributed by atoms with Crippen LogP contribution in [-0.4, -0.2) is 48.3 Å². The van der Waals surface area contributed by atoms with Gasteiger partial charge >= 0.3 is 0 Å². The Bertz CT molecular complexity index is 255. The number of nitrogens with one attached hydrogen (secondary N) is 1. The van der Waals surface area contributed by atoms with E-state index in [1.807, 2.05) is 6.92 Å². The summed E-state index contributed by atoms with van der Waals surface area (Å²) in [5, 5.41) is 13.3. The van der Waals surface area contributed by atoms with Gasteiger partial charge in [0.1, 0.15) is 0 Å². The third-order valence-electron chi connectivity index (χ3n) is 4.39. The van der Waals surface area contributed by atoms with E-state index in [-0.39, 0.29) is 6.10 Å². The molecule has 1 rings (SSSR count). The highest BCUT2D eigenvalue weighted by Gasteiger charge is 2.32. The fourth-order valence-electron chi connectivity index (χ4n) is 3.22. The van der Waals surface area contributed by atoms with Gasteiger partial charge in [-0.3, -0.25) is 0 Å². The molecule has 0 aliphatic carbocycles. The maximum absolute atomic E-state index is 9.71. The topological polar surface area (TPSA) is 35.5 Å². The van der Waals surface area contributed by atoms with Gasteiger partial charge in [0.2, 0.25) is 0 Å². The molecule has 0 bridgehead atoms. The van der Waals surface area contributed by atoms with Crippen LogP contribution in [0.5, 0.6) is 0 Å². The number of hydrogen-bond acceptors (Lipinski definition) is 3. The Hall–Kier alpha value is -0.120. The largest absolute Gasteiger partial charge is 0.393 e. The van der Waals surface area contributed by atoms with Gasteiger partial charge in [0.05, 0.1) is 6.10 Å². The second-order valence-electron chi connectivity index (χ2n) is 7.12. The summed E-state index contributed by atoms with van der Waals surface area (Å²) < 4.78 is 0. The molecule has 114 valence electrons. The molecule has 0 amide bonds. The first-order chi connectivity index (χ1) is 8.86. The van der Waals surface area contributed by atoms with E-state index in [9.17, 15) is 5.11 Å². The zero-order valence-electron chi connectivity index (χ0n) is 13.6. The van der Waals surface area contributed by atoms with Gasteiger partial charge < -0.3 is 15.3 Å². The Labute approximate surface area is 119 Å². The molecule has 0 aromatic heterocycles. The molecule has 1 aliphatic rings. The number of nitrogens with zero attached hydrogens (tertiary/aromatic N) is 1. The van der Waals surface area contributed by atoms with Crippen molar-refractivity contribution in [3.05, 3.63) is 0 Å². The first kappa shape index (κ1) is 16.9. The molecule has 3 heteroatoms. The summed E-state index contributed by atoms with van der Waals surface area (Å²) in [5.74, 6) is 0.476. The van der Waals surface area contributed by atoms with Crippen molar-refractivity contribution in [3.8, 4) is 0 Å². The molecule has 2 N–H and O–H groups in total. The van der Waals surface area contributed by atoms with Crippen molar-refractivity contribution >= 4 is 0 Å². The molecular formula is C16H34N2O. The van der Waals surface area contributed by atoms with Crippen LogP contribution in [0.1, 0.15) is 53.9 Å². The zero-order chi connectivity index (χ0) is 14.5. The lowest BCUT2D eigenvalue weighted by atomic mass is 9.84. The Morgan fingerprint density at radius 3 is 2.53 bits per heavy atom. The van der Waals surface area contributed by atoms with Crippen molar-refractivity contribution in [1.29, 1.82) is 0 Å². The van der Waals surface area contributed by atoms with Crippen LogP contribution in [0.15, 0.2) is 0 Å². The predicted octanol–water partition coefficient (Wildman–Crippen LogP) is 2.49. The highest BCUT2D eigenvalue weighted by molar-refractivity contribution is 4.86. The smallest absolute Gasteiger partial charge is 0.0552 e. The van der Waals surface area contributed by atoms with Crippen LogP contribution in [0.3, 0.4) is 0 Å². The van der Waals surface area contributed by atoms with E-state index < -0.39 is 0 Å². The standard InChI is InChI=1S/C16H34N2O/c1-6-8-16(5,11-17-13(2)3)12-18-9-7-15(10-18)14(4)19/h13-15,17,19H,6-12H2,1-5H3. The lowest BCUT2D eigenvalue weighted by Gasteiger charge is -2.35. The van der Waals surface area contributed by atoms with E-state index in [1.165, 1.54) is 12.8 Å². The van der Waals surface area contributed by atoms with Crippen LogP contribution in [-0.2, 0) is 0 Å². The SMILES string of the molecule is CCCC(C)(CNC(C)C)CN1CCC(C(C)O)C1. The van der Waals surface area contributed by atoms with Crippen LogP contribution >= 0.6 is 0 Å². The van der Waals surface area contributed by atoms with Crippen molar-refractivity contribution in [2.24, 2.45) is 11.3 Å². The van der Waals surface area contributed by atoms with Crippen LogP contribution in [0.2, 0.25) is 0 Å². The van der Waals surface area contributed by atoms with Crippen molar-refractivity contribution in [1.82, 2.24) is 10.2 Å². The minimum atomic E-state index is -0.156. The number of hydrogen-bond donors (Lipinski definition) is 2. The quantitative estimate of drug-likeness (QED) is 0.711. The molecule has 19 heavy (non-hydrogen) atoms. The van der Waals surface area contributed by atoms with Gasteiger partial charge in [-0.1, -0.05) is 34.1 Å². The molecule has 0 aromatic rings. The van der Waals surface area contributed by atoms with Crippen molar-refractivity contribution in [2.45, 2.75) is 66.0 Å². The molecule has 1 saturated heterocycles. The summed E-state index contributed by atoms with van der Waals surface area (Å²) in [6, 6.07) is 0.556. The lowest BCUT2D eigenvalue weighted by molar-refractivity contribution is 0.116. The van der Waals surface area contributed by atoms with Gasteiger partial charge in [-0.2, -0.15) is 0 Å². The number of aliphatic hydroxyl groups is 1. The summed E-state index contributed by atoms with van der Waals surface area (Å²) in [7, 11) is 0. The maximum atomic E-state index is 9.71. The van der Waals surface area contributed by atoms with E-state index in [1.54, 1.807) is 0 Å². The molecule has 0 aromatic carbocycles. The minimum absolute atomic E-state index is 0.156. The monoisotopic (exact) mass is 270 g/mol. The van der Waals surface area contributed by atoms with E-state index in [2.05, 4.69) is 37.9 Å². The first-order valence-electron chi connectivity index (χ1n) is 8.00. The summed E-state index contributed by atoms with van der Waals surface area (Å²) in [6.07, 6.45) is 3.50. The lowest BCUT2D eigenvalue weighted by Crippen LogP contribution is -2.43. The summed E-state index contributed by atoms with van der Waals surface area (Å²) in [6.45, 7) is 15.5. The van der Waals surface area contributed by atoms with Gasteiger partial charge in [-0.25, -0.2) is 0 Å². The van der Waals surface area contributed by atoms with Crippen molar-refractivity contribution in [2.75, 3.05) is 26.2 Å². The molecule has 3 atom stereocenters. The molecule has 0 spiro atoms. The fourth-order valence-corrected chi connectivity index (χ4v) is 3.22. The molecule has 1 aliphatic heterocycles. The van der Waals surface area contributed by atoms with Crippen LogP contribution in [0.25, 0.3) is 0 Å². The highest BCUT2D eigenvalue weighted by atomic mass is 16.3. The van der Waals surface area contributed by atoms with Gasteiger partial charge in [-0.15, -0.1) is 0 Å². The first-order valence-corrected chi connectivity index (χ1v) is 8.00. The van der Waals surface area contributed by atoms with Crippen LogP contribution in [0.4, 0.5) is 0 Å². The molecule has 0 radical (unpaired) electrons. The van der Waals surface area contributed by atoms with E-state index in [0.717, 1.165) is 32.6 Å². The summed E-state index contributed by atoms with van der Waals surface area (Å²) >= 11 is 0. The van der Waals surface area contributed by atoms with Gasteiger partial charge in [0.25, 0.3) is 0 Å².